The predicted octanol–water partition coefficient (Wildman–Crippen LogP) is 1.88. The first-order chi connectivity index (χ1) is 5.57. The van der Waals surface area contributed by atoms with E-state index in [2.05, 4.69) is 41.6 Å². The molecule has 1 fully saturated rings. The number of ether oxygens (including phenoxy) is 1. The Labute approximate surface area is 83.4 Å². The summed E-state index contributed by atoms with van der Waals surface area (Å²) >= 11 is 3.47. The molecule has 1 aliphatic heterocycles. The van der Waals surface area contributed by atoms with Gasteiger partial charge in [0.1, 0.15) is 0 Å². The normalized spacial score (nSPS) is 30.5. The van der Waals surface area contributed by atoms with Crippen molar-refractivity contribution in [2.45, 2.75) is 32.5 Å². The SMILES string of the molecule is CCN1CC(CBr)OC(C)(C)C1. The first-order valence-corrected chi connectivity index (χ1v) is 5.65. The molecule has 1 aliphatic rings. The number of alkyl halides is 1. The predicted molar refractivity (Wildman–Crippen MR) is 54.9 cm³/mol. The molecule has 0 N–H and O–H groups in total. The van der Waals surface area contributed by atoms with Crippen LogP contribution in [0.25, 0.3) is 0 Å². The Morgan fingerprint density at radius 2 is 2.25 bits per heavy atom. The lowest BCUT2D eigenvalue weighted by atomic mass is 10.1. The van der Waals surface area contributed by atoms with Gasteiger partial charge in [-0.05, 0) is 20.4 Å². The fourth-order valence-corrected chi connectivity index (χ4v) is 2.07. The third kappa shape index (κ3) is 2.71. The van der Waals surface area contributed by atoms with Crippen molar-refractivity contribution >= 4 is 15.9 Å². The van der Waals surface area contributed by atoms with Crippen LogP contribution < -0.4 is 0 Å². The molecule has 0 spiro atoms. The maximum absolute atomic E-state index is 5.87. The van der Waals surface area contributed by atoms with Crippen molar-refractivity contribution in [3.8, 4) is 0 Å². The molecule has 0 radical (unpaired) electrons. The molecule has 0 aromatic heterocycles. The smallest absolute Gasteiger partial charge is 0.0806 e. The van der Waals surface area contributed by atoms with E-state index in [1.165, 1.54) is 0 Å². The summed E-state index contributed by atoms with van der Waals surface area (Å²) in [6, 6.07) is 0. The molecule has 1 rings (SSSR count). The number of halogens is 1. The molecule has 0 amide bonds. The summed E-state index contributed by atoms with van der Waals surface area (Å²) in [5.41, 5.74) is 0.0205. The highest BCUT2D eigenvalue weighted by molar-refractivity contribution is 9.09. The maximum Gasteiger partial charge on any atom is 0.0806 e. The molecule has 1 unspecified atom stereocenters. The summed E-state index contributed by atoms with van der Waals surface area (Å²) in [5, 5.41) is 0.937. The molecule has 0 bridgehead atoms. The molecule has 1 saturated heterocycles. The summed E-state index contributed by atoms with van der Waals surface area (Å²) in [6.45, 7) is 9.75. The van der Waals surface area contributed by atoms with Crippen molar-refractivity contribution in [3.05, 3.63) is 0 Å². The first kappa shape index (κ1) is 10.5. The van der Waals surface area contributed by atoms with E-state index in [1.807, 2.05) is 0 Å². The highest BCUT2D eigenvalue weighted by atomic mass is 79.9. The average molecular weight is 236 g/mol. The van der Waals surface area contributed by atoms with Crippen LogP contribution in [0.3, 0.4) is 0 Å². The first-order valence-electron chi connectivity index (χ1n) is 4.53. The van der Waals surface area contributed by atoms with Gasteiger partial charge < -0.3 is 4.74 Å². The van der Waals surface area contributed by atoms with Gasteiger partial charge in [0.2, 0.25) is 0 Å². The molecule has 2 nitrogen and oxygen atoms in total. The van der Waals surface area contributed by atoms with Crippen LogP contribution >= 0.6 is 15.9 Å². The van der Waals surface area contributed by atoms with Crippen molar-refractivity contribution in [2.24, 2.45) is 0 Å². The molecule has 72 valence electrons. The summed E-state index contributed by atoms with van der Waals surface area (Å²) < 4.78 is 5.87. The van der Waals surface area contributed by atoms with Gasteiger partial charge >= 0.3 is 0 Å². The second-order valence-electron chi connectivity index (χ2n) is 3.98. The number of nitrogens with zero attached hydrogens (tertiary/aromatic N) is 1. The molecule has 0 saturated carbocycles. The van der Waals surface area contributed by atoms with Gasteiger partial charge in [-0.3, -0.25) is 4.90 Å². The van der Waals surface area contributed by atoms with Gasteiger partial charge in [-0.25, -0.2) is 0 Å². The van der Waals surface area contributed by atoms with Crippen LogP contribution in [0.15, 0.2) is 0 Å². The van der Waals surface area contributed by atoms with Crippen molar-refractivity contribution in [1.29, 1.82) is 0 Å². The van der Waals surface area contributed by atoms with Crippen LogP contribution in [0.5, 0.6) is 0 Å². The second kappa shape index (κ2) is 4.07. The molecular formula is C9H18BrNO. The van der Waals surface area contributed by atoms with Crippen LogP contribution in [0.4, 0.5) is 0 Å². The standard InChI is InChI=1S/C9H18BrNO/c1-4-11-6-8(5-10)12-9(2,3)7-11/h8H,4-7H2,1-3H3. The van der Waals surface area contributed by atoms with Crippen LogP contribution in [0.1, 0.15) is 20.8 Å². The van der Waals surface area contributed by atoms with Gasteiger partial charge in [-0.2, -0.15) is 0 Å². The quantitative estimate of drug-likeness (QED) is 0.679. The Morgan fingerprint density at radius 3 is 2.75 bits per heavy atom. The number of rotatable bonds is 2. The highest BCUT2D eigenvalue weighted by Crippen LogP contribution is 2.21. The van der Waals surface area contributed by atoms with Crippen LogP contribution in [-0.2, 0) is 4.74 Å². The minimum atomic E-state index is 0.0205. The molecule has 3 heteroatoms. The van der Waals surface area contributed by atoms with Crippen LogP contribution in [-0.4, -0.2) is 41.6 Å². The molecular weight excluding hydrogens is 218 g/mol. The molecule has 0 aromatic rings. The van der Waals surface area contributed by atoms with Crippen molar-refractivity contribution < 1.29 is 4.74 Å². The zero-order chi connectivity index (χ0) is 9.19. The zero-order valence-electron chi connectivity index (χ0n) is 8.14. The van der Waals surface area contributed by atoms with E-state index >= 15 is 0 Å². The summed E-state index contributed by atoms with van der Waals surface area (Å²) in [7, 11) is 0. The fourth-order valence-electron chi connectivity index (χ4n) is 1.74. The Hall–Kier alpha value is 0.400. The lowest BCUT2D eigenvalue weighted by Crippen LogP contribution is -2.53. The van der Waals surface area contributed by atoms with E-state index in [-0.39, 0.29) is 5.60 Å². The fraction of sp³-hybridized carbons (Fsp3) is 1.00. The summed E-state index contributed by atoms with van der Waals surface area (Å²) in [6.07, 6.45) is 0.355. The van der Waals surface area contributed by atoms with E-state index < -0.39 is 0 Å². The topological polar surface area (TPSA) is 12.5 Å². The molecule has 12 heavy (non-hydrogen) atoms. The van der Waals surface area contributed by atoms with Gasteiger partial charge in [0, 0.05) is 18.4 Å². The highest BCUT2D eigenvalue weighted by Gasteiger charge is 2.31. The number of hydrogen-bond donors (Lipinski definition) is 0. The second-order valence-corrected chi connectivity index (χ2v) is 4.63. The lowest BCUT2D eigenvalue weighted by molar-refractivity contribution is -0.125. The number of hydrogen-bond acceptors (Lipinski definition) is 2. The summed E-state index contributed by atoms with van der Waals surface area (Å²) in [4.78, 5) is 2.44. The number of likely N-dealkylation sites (N-methyl/N-ethyl adjacent to an activating group) is 1. The van der Waals surface area contributed by atoms with Crippen LogP contribution in [0.2, 0.25) is 0 Å². The van der Waals surface area contributed by atoms with Gasteiger partial charge in [-0.15, -0.1) is 0 Å². The zero-order valence-corrected chi connectivity index (χ0v) is 9.73. The lowest BCUT2D eigenvalue weighted by Gasteiger charge is -2.42. The van der Waals surface area contributed by atoms with E-state index in [0.717, 1.165) is 25.0 Å². The average Bonchev–Trinajstić information content (AvgIpc) is 2.01. The molecule has 1 heterocycles. The van der Waals surface area contributed by atoms with Gasteiger partial charge in [0.25, 0.3) is 0 Å². The third-order valence-electron chi connectivity index (χ3n) is 2.17. The summed E-state index contributed by atoms with van der Waals surface area (Å²) in [5.74, 6) is 0. The van der Waals surface area contributed by atoms with Crippen molar-refractivity contribution in [3.63, 3.8) is 0 Å². The van der Waals surface area contributed by atoms with E-state index in [0.29, 0.717) is 6.10 Å². The van der Waals surface area contributed by atoms with Crippen molar-refractivity contribution in [2.75, 3.05) is 25.0 Å². The van der Waals surface area contributed by atoms with E-state index in [1.54, 1.807) is 0 Å². The van der Waals surface area contributed by atoms with Crippen molar-refractivity contribution in [1.82, 2.24) is 4.90 Å². The Morgan fingerprint density at radius 1 is 1.58 bits per heavy atom. The molecule has 1 atom stereocenters. The Balaban J connectivity index is 2.53. The Kier molecular flexibility index (Phi) is 3.56. The van der Waals surface area contributed by atoms with Crippen LogP contribution in [0, 0.1) is 0 Å². The van der Waals surface area contributed by atoms with E-state index in [4.69, 9.17) is 4.74 Å². The minimum absolute atomic E-state index is 0.0205. The Bertz CT molecular complexity index is 135. The number of morpholine rings is 1. The molecule has 0 aromatic carbocycles. The minimum Gasteiger partial charge on any atom is -0.369 e. The van der Waals surface area contributed by atoms with Gasteiger partial charge in [-0.1, -0.05) is 22.9 Å². The monoisotopic (exact) mass is 235 g/mol. The molecule has 0 aliphatic carbocycles. The van der Waals surface area contributed by atoms with Gasteiger partial charge in [0.05, 0.1) is 11.7 Å². The maximum atomic E-state index is 5.87. The largest absolute Gasteiger partial charge is 0.369 e. The third-order valence-corrected chi connectivity index (χ3v) is 2.89. The van der Waals surface area contributed by atoms with Gasteiger partial charge in [0.15, 0.2) is 0 Å². The van der Waals surface area contributed by atoms with E-state index in [9.17, 15) is 0 Å².